The van der Waals surface area contributed by atoms with E-state index >= 15 is 0 Å². The maximum Gasteiger partial charge on any atom is 0.253 e. The number of hydrogen-bond acceptors (Lipinski definition) is 4. The number of likely N-dealkylation sites (tertiary alicyclic amines) is 1. The van der Waals surface area contributed by atoms with Gasteiger partial charge in [0.2, 0.25) is 0 Å². The van der Waals surface area contributed by atoms with Gasteiger partial charge in [0, 0.05) is 38.1 Å². The van der Waals surface area contributed by atoms with Crippen molar-refractivity contribution in [1.82, 2.24) is 9.88 Å². The second-order valence-electron chi connectivity index (χ2n) is 7.14. The number of hydrogen-bond donors (Lipinski definition) is 0. The highest BCUT2D eigenvalue weighted by molar-refractivity contribution is 5.97. The maximum absolute atomic E-state index is 12.8. The Morgan fingerprint density at radius 3 is 2.89 bits per heavy atom. The Kier molecular flexibility index (Phi) is 5.21. The normalized spacial score (nSPS) is 16.9. The number of aromatic nitrogens is 1. The SMILES string of the molecule is COC[C@H]1CCN(C(=O)c2ccc3oc(CCc4ccccc4)nc3c2)C1. The van der Waals surface area contributed by atoms with Crippen LogP contribution in [-0.2, 0) is 17.6 Å². The number of rotatable bonds is 6. The van der Waals surface area contributed by atoms with E-state index in [0.717, 1.165) is 43.5 Å². The van der Waals surface area contributed by atoms with Gasteiger partial charge in [0.1, 0.15) is 5.52 Å². The average Bonchev–Trinajstić information content (AvgIpc) is 3.33. The topological polar surface area (TPSA) is 55.6 Å². The molecule has 27 heavy (non-hydrogen) atoms. The Morgan fingerprint density at radius 1 is 1.22 bits per heavy atom. The van der Waals surface area contributed by atoms with E-state index in [4.69, 9.17) is 9.15 Å². The summed E-state index contributed by atoms with van der Waals surface area (Å²) in [7, 11) is 1.71. The first-order valence-corrected chi connectivity index (χ1v) is 9.44. The summed E-state index contributed by atoms with van der Waals surface area (Å²) in [6.45, 7) is 2.24. The van der Waals surface area contributed by atoms with Crippen LogP contribution in [0.3, 0.4) is 0 Å². The Morgan fingerprint density at radius 2 is 2.07 bits per heavy atom. The average molecular weight is 364 g/mol. The van der Waals surface area contributed by atoms with E-state index in [1.54, 1.807) is 7.11 Å². The summed E-state index contributed by atoms with van der Waals surface area (Å²) >= 11 is 0. The fourth-order valence-corrected chi connectivity index (χ4v) is 3.68. The number of oxazole rings is 1. The zero-order valence-electron chi connectivity index (χ0n) is 15.6. The van der Waals surface area contributed by atoms with E-state index < -0.39 is 0 Å². The molecule has 1 amide bonds. The minimum Gasteiger partial charge on any atom is -0.441 e. The molecule has 0 unspecified atom stereocenters. The van der Waals surface area contributed by atoms with E-state index in [-0.39, 0.29) is 5.91 Å². The minimum atomic E-state index is 0.0596. The molecule has 1 atom stereocenters. The molecule has 0 saturated carbocycles. The molecule has 2 heterocycles. The second kappa shape index (κ2) is 7.92. The van der Waals surface area contributed by atoms with Crippen molar-refractivity contribution in [2.24, 2.45) is 5.92 Å². The molecule has 140 valence electrons. The van der Waals surface area contributed by atoms with Crippen LogP contribution < -0.4 is 0 Å². The van der Waals surface area contributed by atoms with E-state index in [1.165, 1.54) is 5.56 Å². The Hall–Kier alpha value is -2.66. The van der Waals surface area contributed by atoms with Gasteiger partial charge in [0.15, 0.2) is 11.5 Å². The van der Waals surface area contributed by atoms with Crippen LogP contribution in [0.15, 0.2) is 52.9 Å². The van der Waals surface area contributed by atoms with Crippen molar-refractivity contribution in [3.8, 4) is 0 Å². The van der Waals surface area contributed by atoms with Gasteiger partial charge in [-0.1, -0.05) is 30.3 Å². The number of carbonyl (C=O) groups is 1. The van der Waals surface area contributed by atoms with Crippen molar-refractivity contribution in [3.05, 3.63) is 65.5 Å². The molecule has 1 aromatic heterocycles. The maximum atomic E-state index is 12.8. The van der Waals surface area contributed by atoms with Gasteiger partial charge in [-0.15, -0.1) is 0 Å². The van der Waals surface area contributed by atoms with Crippen molar-refractivity contribution < 1.29 is 13.9 Å². The Balaban J connectivity index is 1.45. The van der Waals surface area contributed by atoms with Gasteiger partial charge in [0.25, 0.3) is 5.91 Å². The first-order valence-electron chi connectivity index (χ1n) is 9.44. The van der Waals surface area contributed by atoms with E-state index in [0.29, 0.717) is 24.0 Å². The molecular formula is C22H24N2O3. The van der Waals surface area contributed by atoms with Crippen LogP contribution in [0.2, 0.25) is 0 Å². The summed E-state index contributed by atoms with van der Waals surface area (Å²) in [5.74, 6) is 1.20. The summed E-state index contributed by atoms with van der Waals surface area (Å²) in [6, 6.07) is 15.8. The molecule has 0 spiro atoms. The molecule has 4 rings (SSSR count). The monoisotopic (exact) mass is 364 g/mol. The summed E-state index contributed by atoms with van der Waals surface area (Å²) in [6.07, 6.45) is 2.62. The van der Waals surface area contributed by atoms with Gasteiger partial charge >= 0.3 is 0 Å². The molecule has 0 radical (unpaired) electrons. The number of methoxy groups -OCH3 is 1. The fraction of sp³-hybridized carbons (Fsp3) is 0.364. The zero-order valence-corrected chi connectivity index (χ0v) is 15.6. The first kappa shape index (κ1) is 17.7. The Labute approximate surface area is 158 Å². The number of benzene rings is 2. The standard InChI is InChI=1S/C22H24N2O3/c1-26-15-17-11-12-24(14-17)22(25)18-8-9-20-19(13-18)23-21(27-20)10-7-16-5-3-2-4-6-16/h2-6,8-9,13,17H,7,10-12,14-15H2,1H3/t17-/m0/s1. The lowest BCUT2D eigenvalue weighted by molar-refractivity contribution is 0.0775. The number of nitrogens with zero attached hydrogens (tertiary/aromatic N) is 2. The van der Waals surface area contributed by atoms with Crippen molar-refractivity contribution in [2.45, 2.75) is 19.3 Å². The fourth-order valence-electron chi connectivity index (χ4n) is 3.68. The molecule has 5 nitrogen and oxygen atoms in total. The van der Waals surface area contributed by atoms with Crippen LogP contribution in [0.1, 0.15) is 28.2 Å². The first-order chi connectivity index (χ1) is 13.2. The summed E-state index contributed by atoms with van der Waals surface area (Å²) < 4.78 is 11.1. The van der Waals surface area contributed by atoms with Crippen LogP contribution in [0.4, 0.5) is 0 Å². The molecule has 0 N–H and O–H groups in total. The van der Waals surface area contributed by atoms with E-state index in [2.05, 4.69) is 17.1 Å². The molecule has 0 aliphatic carbocycles. The van der Waals surface area contributed by atoms with Gasteiger partial charge in [-0.3, -0.25) is 4.79 Å². The summed E-state index contributed by atoms with van der Waals surface area (Å²) in [5, 5.41) is 0. The molecule has 0 bridgehead atoms. The van der Waals surface area contributed by atoms with Gasteiger partial charge in [-0.05, 0) is 36.6 Å². The number of amides is 1. The molecular weight excluding hydrogens is 340 g/mol. The van der Waals surface area contributed by atoms with Crippen LogP contribution in [0.25, 0.3) is 11.1 Å². The lowest BCUT2D eigenvalue weighted by atomic mass is 10.1. The summed E-state index contributed by atoms with van der Waals surface area (Å²) in [5.41, 5.74) is 3.41. The molecule has 5 heteroatoms. The van der Waals surface area contributed by atoms with Crippen molar-refractivity contribution in [1.29, 1.82) is 0 Å². The predicted molar refractivity (Wildman–Crippen MR) is 104 cm³/mol. The number of fused-ring (bicyclic) bond motifs is 1. The van der Waals surface area contributed by atoms with Crippen LogP contribution in [0.5, 0.6) is 0 Å². The zero-order chi connectivity index (χ0) is 18.6. The number of carbonyl (C=O) groups excluding carboxylic acids is 1. The third-order valence-electron chi connectivity index (χ3n) is 5.12. The van der Waals surface area contributed by atoms with Crippen LogP contribution in [0, 0.1) is 5.92 Å². The Bertz CT molecular complexity index is 920. The molecule has 3 aromatic rings. The molecule has 1 saturated heterocycles. The molecule has 1 aliphatic heterocycles. The van der Waals surface area contributed by atoms with Gasteiger partial charge in [-0.2, -0.15) is 0 Å². The molecule has 2 aromatic carbocycles. The minimum absolute atomic E-state index is 0.0596. The quantitative estimate of drug-likeness (QED) is 0.669. The second-order valence-corrected chi connectivity index (χ2v) is 7.14. The number of aryl methyl sites for hydroxylation is 2. The van der Waals surface area contributed by atoms with Gasteiger partial charge in [-0.25, -0.2) is 4.98 Å². The van der Waals surface area contributed by atoms with E-state index in [9.17, 15) is 4.79 Å². The highest BCUT2D eigenvalue weighted by Gasteiger charge is 2.27. The summed E-state index contributed by atoms with van der Waals surface area (Å²) in [4.78, 5) is 19.3. The van der Waals surface area contributed by atoms with Gasteiger partial charge < -0.3 is 14.1 Å². The third-order valence-corrected chi connectivity index (χ3v) is 5.12. The highest BCUT2D eigenvalue weighted by Crippen LogP contribution is 2.22. The molecule has 1 fully saturated rings. The molecule has 1 aliphatic rings. The lowest BCUT2D eigenvalue weighted by Gasteiger charge is -2.16. The van der Waals surface area contributed by atoms with Crippen molar-refractivity contribution in [3.63, 3.8) is 0 Å². The van der Waals surface area contributed by atoms with Crippen molar-refractivity contribution >= 4 is 17.0 Å². The van der Waals surface area contributed by atoms with Crippen LogP contribution >= 0.6 is 0 Å². The largest absolute Gasteiger partial charge is 0.441 e. The lowest BCUT2D eigenvalue weighted by Crippen LogP contribution is -2.29. The van der Waals surface area contributed by atoms with E-state index in [1.807, 2.05) is 41.3 Å². The highest BCUT2D eigenvalue weighted by atomic mass is 16.5. The predicted octanol–water partition coefficient (Wildman–Crippen LogP) is 3.72. The third kappa shape index (κ3) is 4.03. The smallest absolute Gasteiger partial charge is 0.253 e. The van der Waals surface area contributed by atoms with Crippen LogP contribution in [-0.4, -0.2) is 42.6 Å². The number of ether oxygens (including phenoxy) is 1. The van der Waals surface area contributed by atoms with Gasteiger partial charge in [0.05, 0.1) is 6.61 Å². The van der Waals surface area contributed by atoms with Crippen molar-refractivity contribution in [2.75, 3.05) is 26.8 Å².